The van der Waals surface area contributed by atoms with Crippen LogP contribution in [0.3, 0.4) is 0 Å². The van der Waals surface area contributed by atoms with Gasteiger partial charge in [-0.3, -0.25) is 4.72 Å². The number of carbonyl (C=O) groups excluding carboxylic acids is 1. The van der Waals surface area contributed by atoms with Gasteiger partial charge in [-0.1, -0.05) is 11.6 Å². The Balaban J connectivity index is 2.77. The Hall–Kier alpha value is -1.54. The van der Waals surface area contributed by atoms with Crippen molar-refractivity contribution in [2.45, 2.75) is 26.9 Å². The Labute approximate surface area is 116 Å². The monoisotopic (exact) mass is 307 g/mol. The molecule has 0 spiro atoms. The summed E-state index contributed by atoms with van der Waals surface area (Å²) in [5, 5.41) is 0.243. The zero-order valence-corrected chi connectivity index (χ0v) is 12.2. The average Bonchev–Trinajstić information content (AvgIpc) is 2.19. The second-order valence-corrected chi connectivity index (χ2v) is 5.79. The van der Waals surface area contributed by atoms with Gasteiger partial charge in [0, 0.05) is 0 Å². The largest absolute Gasteiger partial charge is 0.446 e. The van der Waals surface area contributed by atoms with Crippen molar-refractivity contribution in [1.82, 2.24) is 9.71 Å². The molecule has 0 aliphatic rings. The predicted octanol–water partition coefficient (Wildman–Crippen LogP) is 1.83. The van der Waals surface area contributed by atoms with Gasteiger partial charge in [0.1, 0.15) is 5.15 Å². The first-order chi connectivity index (χ1) is 8.69. The fourth-order valence-corrected chi connectivity index (χ4v) is 2.18. The summed E-state index contributed by atoms with van der Waals surface area (Å²) in [5.41, 5.74) is 0.789. The highest BCUT2D eigenvalue weighted by molar-refractivity contribution is 7.91. The summed E-state index contributed by atoms with van der Waals surface area (Å²) >= 11 is 5.65. The normalized spacial score (nSPS) is 11.2. The maximum atomic E-state index is 11.6. The molecule has 7 nitrogen and oxygen atoms in total. The van der Waals surface area contributed by atoms with E-state index in [1.54, 1.807) is 25.5 Å². The third-order valence-corrected chi connectivity index (χ3v) is 3.01. The Morgan fingerprint density at radius 3 is 2.63 bits per heavy atom. The van der Waals surface area contributed by atoms with Gasteiger partial charge in [0.2, 0.25) is 0 Å². The van der Waals surface area contributed by atoms with Gasteiger partial charge in [-0.25, -0.2) is 14.5 Å². The van der Waals surface area contributed by atoms with E-state index >= 15 is 0 Å². The number of aryl methyl sites for hydroxylation is 1. The lowest BCUT2D eigenvalue weighted by Gasteiger charge is -2.12. The van der Waals surface area contributed by atoms with E-state index in [0.29, 0.717) is 5.56 Å². The van der Waals surface area contributed by atoms with Crippen LogP contribution in [0.2, 0.25) is 5.15 Å². The molecule has 1 amide bonds. The molecule has 106 valence electrons. The quantitative estimate of drug-likeness (QED) is 0.827. The average molecular weight is 308 g/mol. The van der Waals surface area contributed by atoms with Crippen LogP contribution in [0.25, 0.3) is 0 Å². The number of halogens is 1. The molecule has 0 atom stereocenters. The highest BCUT2D eigenvalue weighted by Gasteiger charge is 2.17. The van der Waals surface area contributed by atoms with E-state index in [2.05, 4.69) is 14.4 Å². The first kappa shape index (κ1) is 15.5. The second-order valence-electron chi connectivity index (χ2n) is 3.98. The number of ether oxygens (including phenoxy) is 1. The summed E-state index contributed by atoms with van der Waals surface area (Å²) in [6.07, 6.45) is -0.221. The number of pyridine rings is 1. The summed E-state index contributed by atoms with van der Waals surface area (Å²) in [5.74, 6) is 0. The van der Waals surface area contributed by atoms with Crippen LogP contribution in [0, 0.1) is 6.92 Å². The number of rotatable bonds is 4. The molecular formula is C10H14ClN3O4S. The summed E-state index contributed by atoms with van der Waals surface area (Å²) in [4.78, 5) is 15.0. The molecule has 1 aromatic rings. The molecule has 0 aliphatic carbocycles. The lowest BCUT2D eigenvalue weighted by molar-refractivity contribution is 0.121. The van der Waals surface area contributed by atoms with Crippen LogP contribution in [0.1, 0.15) is 19.4 Å². The van der Waals surface area contributed by atoms with Crippen molar-refractivity contribution in [3.8, 4) is 0 Å². The van der Waals surface area contributed by atoms with Crippen LogP contribution >= 0.6 is 11.6 Å². The SMILES string of the molecule is Cc1cc(Cl)ncc1NS(=O)(=O)NC(=O)OC(C)C. The number of carbonyl (C=O) groups is 1. The Morgan fingerprint density at radius 2 is 2.11 bits per heavy atom. The Kier molecular flexibility index (Phi) is 4.96. The second kappa shape index (κ2) is 6.07. The number of amides is 1. The zero-order chi connectivity index (χ0) is 14.6. The van der Waals surface area contributed by atoms with E-state index in [9.17, 15) is 13.2 Å². The Bertz CT molecular complexity index is 574. The van der Waals surface area contributed by atoms with Crippen molar-refractivity contribution in [3.05, 3.63) is 23.0 Å². The van der Waals surface area contributed by atoms with E-state index < -0.39 is 22.4 Å². The van der Waals surface area contributed by atoms with Crippen molar-refractivity contribution in [1.29, 1.82) is 0 Å². The van der Waals surface area contributed by atoms with Crippen molar-refractivity contribution < 1.29 is 17.9 Å². The molecule has 2 N–H and O–H groups in total. The molecule has 1 aromatic heterocycles. The van der Waals surface area contributed by atoms with Crippen LogP contribution in [-0.2, 0) is 14.9 Å². The van der Waals surface area contributed by atoms with Crippen LogP contribution in [0.4, 0.5) is 10.5 Å². The zero-order valence-electron chi connectivity index (χ0n) is 10.6. The van der Waals surface area contributed by atoms with Crippen LogP contribution < -0.4 is 9.44 Å². The van der Waals surface area contributed by atoms with Gasteiger partial charge in [0.25, 0.3) is 0 Å². The van der Waals surface area contributed by atoms with Gasteiger partial charge in [-0.2, -0.15) is 8.42 Å². The molecule has 0 unspecified atom stereocenters. The van der Waals surface area contributed by atoms with E-state index in [4.69, 9.17) is 11.6 Å². The molecule has 0 aliphatic heterocycles. The fourth-order valence-electron chi connectivity index (χ4n) is 1.15. The summed E-state index contributed by atoms with van der Waals surface area (Å²) < 4.78 is 31.8. The van der Waals surface area contributed by atoms with Gasteiger partial charge in [-0.05, 0) is 32.4 Å². The molecule has 0 saturated heterocycles. The number of nitrogens with one attached hydrogen (secondary N) is 2. The molecule has 1 rings (SSSR count). The van der Waals surface area contributed by atoms with Crippen LogP contribution in [0.5, 0.6) is 0 Å². The maximum absolute atomic E-state index is 11.6. The minimum absolute atomic E-state index is 0.217. The molecule has 19 heavy (non-hydrogen) atoms. The number of anilines is 1. The van der Waals surface area contributed by atoms with Crippen LogP contribution in [0.15, 0.2) is 12.3 Å². The van der Waals surface area contributed by atoms with Crippen LogP contribution in [-0.4, -0.2) is 25.6 Å². The number of aromatic nitrogens is 1. The molecule has 1 heterocycles. The summed E-state index contributed by atoms with van der Waals surface area (Å²) in [7, 11) is -4.07. The molecule has 0 fully saturated rings. The minimum Gasteiger partial charge on any atom is -0.446 e. The van der Waals surface area contributed by atoms with Crippen molar-refractivity contribution in [2.24, 2.45) is 0 Å². The first-order valence-electron chi connectivity index (χ1n) is 5.33. The van der Waals surface area contributed by atoms with E-state index in [1.807, 2.05) is 0 Å². The topological polar surface area (TPSA) is 97.4 Å². The summed E-state index contributed by atoms with van der Waals surface area (Å²) in [6, 6.07) is 1.49. The maximum Gasteiger partial charge on any atom is 0.422 e. The van der Waals surface area contributed by atoms with Gasteiger partial charge >= 0.3 is 16.3 Å². The number of hydrogen-bond acceptors (Lipinski definition) is 5. The minimum atomic E-state index is -4.07. The number of hydrogen-bond donors (Lipinski definition) is 2. The molecular weight excluding hydrogens is 294 g/mol. The van der Waals surface area contributed by atoms with Crippen molar-refractivity contribution >= 4 is 33.6 Å². The number of nitrogens with zero attached hydrogens (tertiary/aromatic N) is 1. The third kappa shape index (κ3) is 5.31. The van der Waals surface area contributed by atoms with Gasteiger partial charge in [0.15, 0.2) is 0 Å². The first-order valence-corrected chi connectivity index (χ1v) is 7.19. The Morgan fingerprint density at radius 1 is 1.47 bits per heavy atom. The van der Waals surface area contributed by atoms with E-state index in [0.717, 1.165) is 0 Å². The predicted molar refractivity (Wildman–Crippen MR) is 71.3 cm³/mol. The van der Waals surface area contributed by atoms with E-state index in [1.165, 1.54) is 12.3 Å². The molecule has 0 bridgehead atoms. The van der Waals surface area contributed by atoms with Crippen molar-refractivity contribution in [3.63, 3.8) is 0 Å². The molecule has 0 aromatic carbocycles. The van der Waals surface area contributed by atoms with Gasteiger partial charge in [-0.15, -0.1) is 0 Å². The highest BCUT2D eigenvalue weighted by Crippen LogP contribution is 2.17. The van der Waals surface area contributed by atoms with E-state index in [-0.39, 0.29) is 10.8 Å². The fraction of sp³-hybridized carbons (Fsp3) is 0.400. The lowest BCUT2D eigenvalue weighted by atomic mass is 10.3. The van der Waals surface area contributed by atoms with Gasteiger partial charge in [0.05, 0.1) is 18.0 Å². The lowest BCUT2D eigenvalue weighted by Crippen LogP contribution is -2.37. The molecule has 0 radical (unpaired) electrons. The van der Waals surface area contributed by atoms with Crippen molar-refractivity contribution in [2.75, 3.05) is 4.72 Å². The highest BCUT2D eigenvalue weighted by atomic mass is 35.5. The molecule has 9 heteroatoms. The third-order valence-electron chi connectivity index (χ3n) is 1.88. The summed E-state index contributed by atoms with van der Waals surface area (Å²) in [6.45, 7) is 4.86. The standard InChI is InChI=1S/C10H14ClN3O4S/c1-6(2)18-10(15)14-19(16,17)13-8-5-12-9(11)4-7(8)3/h4-6,13H,1-3H3,(H,14,15). The smallest absolute Gasteiger partial charge is 0.422 e. The molecule has 0 saturated carbocycles. The van der Waals surface area contributed by atoms with Gasteiger partial charge < -0.3 is 4.74 Å².